The van der Waals surface area contributed by atoms with Crippen LogP contribution < -0.4 is 20.1 Å². The lowest BCUT2D eigenvalue weighted by Gasteiger charge is -2.23. The first-order valence-electron chi connectivity index (χ1n) is 5.68. The molecule has 1 fully saturated rings. The van der Waals surface area contributed by atoms with Crippen LogP contribution in [0, 0.1) is 0 Å². The molecule has 2 N–H and O–H groups in total. The van der Waals surface area contributed by atoms with Gasteiger partial charge in [0.2, 0.25) is 18.6 Å². The molecule has 0 spiro atoms. The number of rotatable bonds is 2. The Hall–Kier alpha value is -2.24. The number of carbonyl (C=O) groups is 2. The molecule has 6 nitrogen and oxygen atoms in total. The van der Waals surface area contributed by atoms with Crippen LogP contribution in [0.25, 0.3) is 0 Å². The molecule has 1 atom stereocenters. The minimum absolute atomic E-state index is 0.0521. The van der Waals surface area contributed by atoms with Gasteiger partial charge in [0.1, 0.15) is 6.04 Å². The van der Waals surface area contributed by atoms with Gasteiger partial charge < -0.3 is 20.1 Å². The third kappa shape index (κ3) is 1.97. The first-order valence-corrected chi connectivity index (χ1v) is 5.68. The Bertz CT molecular complexity index is 515. The summed E-state index contributed by atoms with van der Waals surface area (Å²) in [6, 6.07) is 4.98. The number of hydrogen-bond acceptors (Lipinski definition) is 4. The van der Waals surface area contributed by atoms with Gasteiger partial charge in [0.25, 0.3) is 0 Å². The quantitative estimate of drug-likeness (QED) is 0.744. The second-order valence-electron chi connectivity index (χ2n) is 4.23. The van der Waals surface area contributed by atoms with Crippen LogP contribution >= 0.6 is 0 Å². The van der Waals surface area contributed by atoms with Gasteiger partial charge in [0.05, 0.1) is 6.54 Å². The van der Waals surface area contributed by atoms with E-state index >= 15 is 0 Å². The van der Waals surface area contributed by atoms with Crippen molar-refractivity contribution >= 4 is 11.8 Å². The lowest BCUT2D eigenvalue weighted by atomic mass is 10.0. The van der Waals surface area contributed by atoms with Gasteiger partial charge in [-0.1, -0.05) is 6.07 Å². The van der Waals surface area contributed by atoms with E-state index in [1.807, 2.05) is 12.1 Å². The standard InChI is InChI=1S/C12H12N2O4/c15-11-5-13-12(16)8(14-11)3-7-1-2-9-10(4-7)18-6-17-9/h1-2,4,8H,3,5-6H2,(H,13,16)(H,14,15)/t8-/m0/s1. The highest BCUT2D eigenvalue weighted by Crippen LogP contribution is 2.32. The average Bonchev–Trinajstić information content (AvgIpc) is 2.81. The zero-order chi connectivity index (χ0) is 12.5. The molecule has 18 heavy (non-hydrogen) atoms. The van der Waals surface area contributed by atoms with Crippen LogP contribution in [-0.4, -0.2) is 31.2 Å². The van der Waals surface area contributed by atoms with Crippen LogP contribution in [0.15, 0.2) is 18.2 Å². The summed E-state index contributed by atoms with van der Waals surface area (Å²) in [6.45, 7) is 0.274. The van der Waals surface area contributed by atoms with Crippen LogP contribution in [0.1, 0.15) is 5.56 Å². The number of amides is 2. The van der Waals surface area contributed by atoms with Gasteiger partial charge >= 0.3 is 0 Å². The third-order valence-corrected chi connectivity index (χ3v) is 2.95. The highest BCUT2D eigenvalue weighted by atomic mass is 16.7. The first-order chi connectivity index (χ1) is 8.72. The van der Waals surface area contributed by atoms with Crippen LogP contribution in [-0.2, 0) is 16.0 Å². The van der Waals surface area contributed by atoms with Gasteiger partial charge in [0, 0.05) is 6.42 Å². The Labute approximate surface area is 103 Å². The van der Waals surface area contributed by atoms with E-state index in [0.29, 0.717) is 17.9 Å². The van der Waals surface area contributed by atoms with E-state index in [1.165, 1.54) is 0 Å². The smallest absolute Gasteiger partial charge is 0.243 e. The fourth-order valence-electron chi connectivity index (χ4n) is 2.05. The van der Waals surface area contributed by atoms with E-state index < -0.39 is 6.04 Å². The summed E-state index contributed by atoms with van der Waals surface area (Å²) in [7, 11) is 0. The number of benzene rings is 1. The summed E-state index contributed by atoms with van der Waals surface area (Å²) in [5.74, 6) is 1.05. The van der Waals surface area contributed by atoms with Crippen molar-refractivity contribution in [2.75, 3.05) is 13.3 Å². The minimum atomic E-state index is -0.522. The van der Waals surface area contributed by atoms with Crippen LogP contribution in [0.3, 0.4) is 0 Å². The van der Waals surface area contributed by atoms with Crippen molar-refractivity contribution in [3.8, 4) is 11.5 Å². The zero-order valence-electron chi connectivity index (χ0n) is 9.56. The molecule has 1 aromatic rings. The Morgan fingerprint density at radius 3 is 2.94 bits per heavy atom. The highest BCUT2D eigenvalue weighted by Gasteiger charge is 2.26. The summed E-state index contributed by atoms with van der Waals surface area (Å²) in [6.07, 6.45) is 0.439. The van der Waals surface area contributed by atoms with Crippen LogP contribution in [0.4, 0.5) is 0 Å². The number of piperazine rings is 1. The molecular formula is C12H12N2O4. The van der Waals surface area contributed by atoms with Gasteiger partial charge in [-0.3, -0.25) is 9.59 Å². The maximum Gasteiger partial charge on any atom is 0.243 e. The summed E-state index contributed by atoms with van der Waals surface area (Å²) < 4.78 is 10.5. The predicted molar refractivity (Wildman–Crippen MR) is 61.2 cm³/mol. The van der Waals surface area contributed by atoms with Gasteiger partial charge in [0.15, 0.2) is 11.5 Å². The topological polar surface area (TPSA) is 76.7 Å². The van der Waals surface area contributed by atoms with E-state index in [0.717, 1.165) is 5.56 Å². The largest absolute Gasteiger partial charge is 0.454 e. The molecular weight excluding hydrogens is 236 g/mol. The Morgan fingerprint density at radius 1 is 1.22 bits per heavy atom. The lowest BCUT2D eigenvalue weighted by Crippen LogP contribution is -2.56. The predicted octanol–water partition coefficient (Wildman–Crippen LogP) is -0.428. The summed E-state index contributed by atoms with van der Waals surface area (Å²) in [5.41, 5.74) is 0.918. The molecule has 2 amide bonds. The first kappa shape index (κ1) is 10.9. The van der Waals surface area contributed by atoms with E-state index in [1.54, 1.807) is 6.07 Å². The van der Waals surface area contributed by atoms with E-state index in [-0.39, 0.29) is 25.2 Å². The van der Waals surface area contributed by atoms with Crippen LogP contribution in [0.2, 0.25) is 0 Å². The molecule has 0 bridgehead atoms. The van der Waals surface area contributed by atoms with E-state index in [9.17, 15) is 9.59 Å². The molecule has 2 heterocycles. The van der Waals surface area contributed by atoms with Gasteiger partial charge in [-0.2, -0.15) is 0 Å². The number of ether oxygens (including phenoxy) is 2. The number of nitrogens with one attached hydrogen (secondary N) is 2. The van der Waals surface area contributed by atoms with Crippen molar-refractivity contribution < 1.29 is 19.1 Å². The Kier molecular flexibility index (Phi) is 2.55. The van der Waals surface area contributed by atoms with Gasteiger partial charge in [-0.15, -0.1) is 0 Å². The maximum absolute atomic E-state index is 11.6. The molecule has 2 aliphatic rings. The normalized spacial score (nSPS) is 21.4. The lowest BCUT2D eigenvalue weighted by molar-refractivity contribution is -0.133. The Balaban J connectivity index is 1.75. The average molecular weight is 248 g/mol. The minimum Gasteiger partial charge on any atom is -0.454 e. The van der Waals surface area contributed by atoms with Crippen LogP contribution in [0.5, 0.6) is 11.5 Å². The summed E-state index contributed by atoms with van der Waals surface area (Å²) >= 11 is 0. The van der Waals surface area contributed by atoms with Crippen molar-refractivity contribution in [1.29, 1.82) is 0 Å². The molecule has 1 saturated heterocycles. The number of hydrogen-bond donors (Lipinski definition) is 2. The molecule has 2 aliphatic heterocycles. The second kappa shape index (κ2) is 4.21. The number of fused-ring (bicyclic) bond motifs is 1. The van der Waals surface area contributed by atoms with Crippen molar-refractivity contribution in [1.82, 2.24) is 10.6 Å². The molecule has 0 unspecified atom stereocenters. The fourth-order valence-corrected chi connectivity index (χ4v) is 2.05. The van der Waals surface area contributed by atoms with Crippen molar-refractivity contribution in [3.05, 3.63) is 23.8 Å². The molecule has 6 heteroatoms. The molecule has 3 rings (SSSR count). The van der Waals surface area contributed by atoms with E-state index in [2.05, 4.69) is 10.6 Å². The van der Waals surface area contributed by atoms with Gasteiger partial charge in [-0.05, 0) is 17.7 Å². The van der Waals surface area contributed by atoms with Gasteiger partial charge in [-0.25, -0.2) is 0 Å². The summed E-state index contributed by atoms with van der Waals surface area (Å²) in [4.78, 5) is 22.8. The molecule has 94 valence electrons. The summed E-state index contributed by atoms with van der Waals surface area (Å²) in [5, 5.41) is 5.21. The third-order valence-electron chi connectivity index (χ3n) is 2.95. The monoisotopic (exact) mass is 248 g/mol. The molecule has 0 aliphatic carbocycles. The number of carbonyl (C=O) groups excluding carboxylic acids is 2. The second-order valence-corrected chi connectivity index (χ2v) is 4.23. The molecule has 0 aromatic heterocycles. The SMILES string of the molecule is O=C1CNC(=O)[C@H](Cc2ccc3c(c2)OCO3)N1. The zero-order valence-corrected chi connectivity index (χ0v) is 9.56. The molecule has 0 radical (unpaired) electrons. The maximum atomic E-state index is 11.6. The van der Waals surface area contributed by atoms with E-state index in [4.69, 9.17) is 9.47 Å². The Morgan fingerprint density at radius 2 is 2.06 bits per heavy atom. The molecule has 0 saturated carbocycles. The van der Waals surface area contributed by atoms with Crippen molar-refractivity contribution in [2.24, 2.45) is 0 Å². The van der Waals surface area contributed by atoms with Crippen molar-refractivity contribution in [3.63, 3.8) is 0 Å². The van der Waals surface area contributed by atoms with Crippen molar-refractivity contribution in [2.45, 2.75) is 12.5 Å². The molecule has 1 aromatic carbocycles. The fraction of sp³-hybridized carbons (Fsp3) is 0.333. The highest BCUT2D eigenvalue weighted by molar-refractivity contribution is 5.94.